The second-order valence-corrected chi connectivity index (χ2v) is 7.38. The second kappa shape index (κ2) is 11.3. The molecule has 1 heterocycles. The lowest BCUT2D eigenvalue weighted by molar-refractivity contribution is 0.0602. The van der Waals surface area contributed by atoms with Gasteiger partial charge in [0.15, 0.2) is 0 Å². The van der Waals surface area contributed by atoms with Crippen molar-refractivity contribution in [2.24, 2.45) is 4.99 Å². The third-order valence-corrected chi connectivity index (χ3v) is 4.97. The van der Waals surface area contributed by atoms with Crippen molar-refractivity contribution in [1.29, 1.82) is 0 Å². The molecule has 0 fully saturated rings. The van der Waals surface area contributed by atoms with Crippen LogP contribution in [-0.4, -0.2) is 54.5 Å². The van der Waals surface area contributed by atoms with E-state index in [4.69, 9.17) is 31.2 Å². The first-order valence-electron chi connectivity index (χ1n) is 10.4. The molecule has 10 heteroatoms. The molecule has 0 atom stereocenters. The van der Waals surface area contributed by atoms with Gasteiger partial charge in [-0.25, -0.2) is 9.78 Å². The average molecular weight is 483 g/mol. The van der Waals surface area contributed by atoms with E-state index in [1.165, 1.54) is 14.2 Å². The van der Waals surface area contributed by atoms with E-state index in [1.807, 2.05) is 42.8 Å². The van der Waals surface area contributed by atoms with Gasteiger partial charge in [0.1, 0.15) is 11.5 Å². The highest BCUT2D eigenvalue weighted by molar-refractivity contribution is 7.80. The van der Waals surface area contributed by atoms with E-state index in [0.29, 0.717) is 40.8 Å². The van der Waals surface area contributed by atoms with Crippen LogP contribution in [0.3, 0.4) is 0 Å². The molecule has 0 saturated heterocycles. The third kappa shape index (κ3) is 5.70. The number of imidazole rings is 1. The van der Waals surface area contributed by atoms with Crippen LogP contribution in [0.2, 0.25) is 0 Å². The summed E-state index contributed by atoms with van der Waals surface area (Å²) in [5.41, 5.74) is 3.08. The van der Waals surface area contributed by atoms with Gasteiger partial charge in [-0.1, -0.05) is 0 Å². The molecule has 0 amide bonds. The van der Waals surface area contributed by atoms with Crippen molar-refractivity contribution in [1.82, 2.24) is 9.55 Å². The monoisotopic (exact) mass is 482 g/mol. The Bertz CT molecular complexity index is 1220. The number of thiocarbonyl (C=S) groups is 1. The number of aliphatic imine (C=N–C) groups is 1. The Hall–Kier alpha value is -3.92. The number of rotatable bonds is 7. The number of hydrogen-bond donors (Lipinski definition) is 1. The number of anilines is 1. The minimum Gasteiger partial charge on any atom is -0.497 e. The SMILES string of the molecule is CCOC(=NC(=S)Nc1cc(OC)ccc1C(=O)OC)c1ccc(-n2cnc(C)c2)c(OC)c1. The average Bonchev–Trinajstić information content (AvgIpc) is 3.28. The van der Waals surface area contributed by atoms with Crippen molar-refractivity contribution >= 4 is 34.9 Å². The topological polar surface area (TPSA) is 96.2 Å². The minimum absolute atomic E-state index is 0.0927. The van der Waals surface area contributed by atoms with Crippen molar-refractivity contribution in [3.05, 3.63) is 65.7 Å². The molecule has 0 saturated carbocycles. The summed E-state index contributed by atoms with van der Waals surface area (Å²) < 4.78 is 23.3. The largest absolute Gasteiger partial charge is 0.497 e. The van der Waals surface area contributed by atoms with E-state index in [1.54, 1.807) is 31.6 Å². The van der Waals surface area contributed by atoms with Crippen LogP contribution < -0.4 is 14.8 Å². The number of nitrogens with zero attached hydrogens (tertiary/aromatic N) is 3. The van der Waals surface area contributed by atoms with Gasteiger partial charge in [0.2, 0.25) is 11.0 Å². The van der Waals surface area contributed by atoms with E-state index in [0.717, 1.165) is 11.4 Å². The molecule has 0 radical (unpaired) electrons. The van der Waals surface area contributed by atoms with Gasteiger partial charge in [-0.05, 0) is 56.4 Å². The maximum Gasteiger partial charge on any atom is 0.339 e. The fourth-order valence-electron chi connectivity index (χ4n) is 3.17. The van der Waals surface area contributed by atoms with Gasteiger partial charge in [0.05, 0.1) is 56.9 Å². The predicted octanol–water partition coefficient (Wildman–Crippen LogP) is 4.16. The lowest BCUT2D eigenvalue weighted by atomic mass is 10.1. The summed E-state index contributed by atoms with van der Waals surface area (Å²) in [4.78, 5) is 20.9. The van der Waals surface area contributed by atoms with Crippen LogP contribution in [0.1, 0.15) is 28.5 Å². The third-order valence-electron chi connectivity index (χ3n) is 4.77. The fourth-order valence-corrected chi connectivity index (χ4v) is 3.36. The molecule has 0 spiro atoms. The molecule has 34 heavy (non-hydrogen) atoms. The first-order valence-corrected chi connectivity index (χ1v) is 10.8. The Morgan fingerprint density at radius 2 is 1.94 bits per heavy atom. The van der Waals surface area contributed by atoms with E-state index < -0.39 is 5.97 Å². The number of methoxy groups -OCH3 is 3. The Kier molecular flexibility index (Phi) is 8.20. The maximum absolute atomic E-state index is 12.2. The molecular formula is C24H26N4O5S. The van der Waals surface area contributed by atoms with Crippen molar-refractivity contribution in [2.75, 3.05) is 33.3 Å². The van der Waals surface area contributed by atoms with E-state index in [9.17, 15) is 4.79 Å². The zero-order chi connectivity index (χ0) is 24.7. The molecule has 9 nitrogen and oxygen atoms in total. The standard InChI is InChI=1S/C24H26N4O5S/c1-6-33-22(16-7-10-20(21(11-16)31-4)28-13-15(2)25-14-28)27-24(34)26-19-12-17(30-3)8-9-18(19)23(29)32-5/h7-14H,6H2,1-5H3,(H,26,34). The highest BCUT2D eigenvalue weighted by Gasteiger charge is 2.16. The molecule has 2 aromatic carbocycles. The van der Waals surface area contributed by atoms with Crippen molar-refractivity contribution in [3.8, 4) is 17.2 Å². The normalized spacial score (nSPS) is 11.0. The molecule has 0 aliphatic heterocycles. The van der Waals surface area contributed by atoms with Gasteiger partial charge in [-0.3, -0.25) is 0 Å². The first kappa shape index (κ1) is 24.7. The number of aromatic nitrogens is 2. The number of carbonyl (C=O) groups excluding carboxylic acids is 1. The van der Waals surface area contributed by atoms with Crippen LogP contribution in [0.25, 0.3) is 5.69 Å². The molecule has 3 rings (SSSR count). The molecule has 1 aromatic heterocycles. The number of carbonyl (C=O) groups is 1. The summed E-state index contributed by atoms with van der Waals surface area (Å²) in [7, 11) is 4.43. The first-order chi connectivity index (χ1) is 16.4. The Morgan fingerprint density at radius 1 is 1.15 bits per heavy atom. The summed E-state index contributed by atoms with van der Waals surface area (Å²) in [6, 6.07) is 10.4. The van der Waals surface area contributed by atoms with Gasteiger partial charge >= 0.3 is 5.97 Å². The Balaban J connectivity index is 1.94. The molecule has 178 valence electrons. The van der Waals surface area contributed by atoms with Gasteiger partial charge in [0.25, 0.3) is 0 Å². The molecule has 0 aliphatic carbocycles. The van der Waals surface area contributed by atoms with Crippen LogP contribution >= 0.6 is 12.2 Å². The fraction of sp³-hybridized carbons (Fsp3) is 0.250. The van der Waals surface area contributed by atoms with E-state index in [2.05, 4.69) is 15.3 Å². The highest BCUT2D eigenvalue weighted by atomic mass is 32.1. The molecule has 3 aromatic rings. The Morgan fingerprint density at radius 3 is 2.56 bits per heavy atom. The van der Waals surface area contributed by atoms with Crippen LogP contribution in [0.5, 0.6) is 11.5 Å². The number of ether oxygens (including phenoxy) is 4. The number of hydrogen-bond acceptors (Lipinski definition) is 7. The molecule has 0 bridgehead atoms. The summed E-state index contributed by atoms with van der Waals surface area (Å²) in [5.74, 6) is 0.940. The maximum atomic E-state index is 12.2. The van der Waals surface area contributed by atoms with Gasteiger partial charge < -0.3 is 28.8 Å². The van der Waals surface area contributed by atoms with Crippen LogP contribution in [-0.2, 0) is 9.47 Å². The van der Waals surface area contributed by atoms with E-state index in [-0.39, 0.29) is 5.11 Å². The zero-order valence-corrected chi connectivity index (χ0v) is 20.4. The summed E-state index contributed by atoms with van der Waals surface area (Å²) >= 11 is 5.44. The summed E-state index contributed by atoms with van der Waals surface area (Å²) in [5, 5.41) is 3.06. The predicted molar refractivity (Wildman–Crippen MR) is 134 cm³/mol. The number of benzene rings is 2. The molecular weight excluding hydrogens is 456 g/mol. The smallest absolute Gasteiger partial charge is 0.339 e. The number of nitrogens with one attached hydrogen (secondary N) is 1. The molecule has 1 N–H and O–H groups in total. The van der Waals surface area contributed by atoms with Gasteiger partial charge in [-0.2, -0.15) is 4.99 Å². The summed E-state index contributed by atoms with van der Waals surface area (Å²) in [6.45, 7) is 4.14. The van der Waals surface area contributed by atoms with Crippen LogP contribution in [0.15, 0.2) is 53.9 Å². The quantitative estimate of drug-likeness (QED) is 0.232. The van der Waals surface area contributed by atoms with Crippen molar-refractivity contribution in [2.45, 2.75) is 13.8 Å². The molecule has 0 unspecified atom stereocenters. The summed E-state index contributed by atoms with van der Waals surface area (Å²) in [6.07, 6.45) is 3.62. The zero-order valence-electron chi connectivity index (χ0n) is 19.6. The lowest BCUT2D eigenvalue weighted by Gasteiger charge is -2.14. The number of aryl methyl sites for hydroxylation is 1. The van der Waals surface area contributed by atoms with Gasteiger partial charge in [0, 0.05) is 17.8 Å². The van der Waals surface area contributed by atoms with E-state index >= 15 is 0 Å². The Labute approximate surface area is 203 Å². The van der Waals surface area contributed by atoms with Crippen molar-refractivity contribution in [3.63, 3.8) is 0 Å². The van der Waals surface area contributed by atoms with Crippen molar-refractivity contribution < 1.29 is 23.7 Å². The minimum atomic E-state index is -0.517. The number of esters is 1. The van der Waals surface area contributed by atoms with Gasteiger partial charge in [-0.15, -0.1) is 0 Å². The molecule has 0 aliphatic rings. The second-order valence-electron chi connectivity index (χ2n) is 6.99. The lowest BCUT2D eigenvalue weighted by Crippen LogP contribution is -2.16. The van der Waals surface area contributed by atoms with Crippen LogP contribution in [0.4, 0.5) is 5.69 Å². The highest BCUT2D eigenvalue weighted by Crippen LogP contribution is 2.26. The van der Waals surface area contributed by atoms with Crippen LogP contribution in [0, 0.1) is 6.92 Å².